The van der Waals surface area contributed by atoms with E-state index < -0.39 is 5.60 Å². The Morgan fingerprint density at radius 3 is 2.36 bits per heavy atom. The zero-order valence-corrected chi connectivity index (χ0v) is 17.3. The number of benzene rings is 1. The number of carbonyl (C=O) groups is 1. The van der Waals surface area contributed by atoms with Crippen molar-refractivity contribution in [3.05, 3.63) is 30.1 Å². The van der Waals surface area contributed by atoms with Crippen LogP contribution in [0.5, 0.6) is 0 Å². The molecule has 156 valence electrons. The number of nitrogens with two attached hydrogens (primary N) is 1. The first-order valence-electron chi connectivity index (χ1n) is 10.0. The summed E-state index contributed by atoms with van der Waals surface area (Å²) in [5.41, 5.74) is 6.73. The molecule has 0 spiro atoms. The van der Waals surface area contributed by atoms with Crippen LogP contribution in [0, 0.1) is 5.82 Å². The molecular weight excluding hydrogens is 359 g/mol. The summed E-state index contributed by atoms with van der Waals surface area (Å²) < 4.78 is 18.3. The minimum absolute atomic E-state index is 0.144. The van der Waals surface area contributed by atoms with E-state index in [0.717, 1.165) is 51.1 Å². The Balaban J connectivity index is 1.62. The van der Waals surface area contributed by atoms with E-state index in [1.807, 2.05) is 20.8 Å². The normalized spacial score (nSPS) is 15.6. The molecule has 1 heterocycles. The first-order valence-corrected chi connectivity index (χ1v) is 10.0. The zero-order valence-electron chi connectivity index (χ0n) is 17.3. The fraction of sp³-hybridized carbons (Fsp3) is 0.619. The summed E-state index contributed by atoms with van der Waals surface area (Å²) >= 11 is 0. The maximum atomic E-state index is 13.0. The maximum absolute atomic E-state index is 13.0. The van der Waals surface area contributed by atoms with Crippen LogP contribution in [0.1, 0.15) is 46.5 Å². The predicted octanol–water partition coefficient (Wildman–Crippen LogP) is 3.16. The van der Waals surface area contributed by atoms with Gasteiger partial charge in [0.05, 0.1) is 0 Å². The molecule has 6 nitrogen and oxygen atoms in total. The number of anilines is 1. The van der Waals surface area contributed by atoms with Crippen molar-refractivity contribution in [3.63, 3.8) is 0 Å². The van der Waals surface area contributed by atoms with Gasteiger partial charge in [0.2, 0.25) is 0 Å². The highest BCUT2D eigenvalue weighted by atomic mass is 19.1. The number of hydrogen-bond donors (Lipinski definition) is 1. The van der Waals surface area contributed by atoms with Gasteiger partial charge >= 0.3 is 5.97 Å². The van der Waals surface area contributed by atoms with Crippen molar-refractivity contribution in [2.75, 3.05) is 37.6 Å². The quantitative estimate of drug-likeness (QED) is 0.334. The first kappa shape index (κ1) is 22.0. The molecule has 0 bridgehead atoms. The first-order chi connectivity index (χ1) is 13.2. The molecule has 2 N–H and O–H groups in total. The van der Waals surface area contributed by atoms with Crippen molar-refractivity contribution in [2.45, 2.75) is 52.1 Å². The third-order valence-corrected chi connectivity index (χ3v) is 4.53. The summed E-state index contributed by atoms with van der Waals surface area (Å²) in [5.74, 6) is 0.213. The lowest BCUT2D eigenvalue weighted by Crippen LogP contribution is -2.51. The average molecular weight is 393 g/mol. The van der Waals surface area contributed by atoms with E-state index in [1.165, 1.54) is 12.1 Å². The molecule has 0 radical (unpaired) electrons. The molecule has 0 atom stereocenters. The number of aliphatic imine (C=N–C) groups is 1. The van der Waals surface area contributed by atoms with Gasteiger partial charge in [0.15, 0.2) is 5.96 Å². The van der Waals surface area contributed by atoms with E-state index >= 15 is 0 Å². The Labute approximate surface area is 167 Å². The third-order valence-electron chi connectivity index (χ3n) is 4.53. The second-order valence-electron chi connectivity index (χ2n) is 8.09. The largest absolute Gasteiger partial charge is 0.460 e. The summed E-state index contributed by atoms with van der Waals surface area (Å²) in [4.78, 5) is 20.4. The van der Waals surface area contributed by atoms with Crippen molar-refractivity contribution >= 4 is 17.6 Å². The van der Waals surface area contributed by atoms with Crippen LogP contribution in [0.15, 0.2) is 29.3 Å². The lowest BCUT2D eigenvalue weighted by molar-refractivity contribution is -0.154. The summed E-state index contributed by atoms with van der Waals surface area (Å²) in [6, 6.07) is 6.58. The molecule has 28 heavy (non-hydrogen) atoms. The summed E-state index contributed by atoms with van der Waals surface area (Å²) in [7, 11) is 0. The number of ether oxygens (including phenoxy) is 1. The molecule has 1 aromatic carbocycles. The average Bonchev–Trinajstić information content (AvgIpc) is 2.63. The van der Waals surface area contributed by atoms with Crippen LogP contribution in [-0.2, 0) is 9.53 Å². The number of piperazine rings is 1. The van der Waals surface area contributed by atoms with Crippen LogP contribution in [-0.4, -0.2) is 55.2 Å². The van der Waals surface area contributed by atoms with Crippen molar-refractivity contribution in [3.8, 4) is 0 Å². The van der Waals surface area contributed by atoms with Crippen LogP contribution in [0.25, 0.3) is 0 Å². The van der Waals surface area contributed by atoms with Crippen LogP contribution in [0.4, 0.5) is 10.1 Å². The van der Waals surface area contributed by atoms with E-state index in [4.69, 9.17) is 10.5 Å². The molecule has 1 fully saturated rings. The summed E-state index contributed by atoms with van der Waals surface area (Å²) in [5, 5.41) is 0. The summed E-state index contributed by atoms with van der Waals surface area (Å²) in [6.45, 7) is 9.55. The number of unbranched alkanes of at least 4 members (excludes halogenated alkanes) is 2. The van der Waals surface area contributed by atoms with E-state index in [-0.39, 0.29) is 11.8 Å². The van der Waals surface area contributed by atoms with Gasteiger partial charge in [-0.05, 0) is 57.9 Å². The highest BCUT2D eigenvalue weighted by Crippen LogP contribution is 2.17. The van der Waals surface area contributed by atoms with Gasteiger partial charge in [-0.2, -0.15) is 0 Å². The molecule has 2 rings (SSSR count). The van der Waals surface area contributed by atoms with E-state index in [0.29, 0.717) is 18.9 Å². The molecule has 1 saturated heterocycles. The van der Waals surface area contributed by atoms with Gasteiger partial charge in [0, 0.05) is 44.8 Å². The molecule has 0 aromatic heterocycles. The lowest BCUT2D eigenvalue weighted by Gasteiger charge is -2.36. The van der Waals surface area contributed by atoms with Crippen molar-refractivity contribution in [2.24, 2.45) is 10.7 Å². The second-order valence-corrected chi connectivity index (χ2v) is 8.09. The van der Waals surface area contributed by atoms with Crippen molar-refractivity contribution < 1.29 is 13.9 Å². The highest BCUT2D eigenvalue weighted by Gasteiger charge is 2.18. The van der Waals surface area contributed by atoms with E-state index in [9.17, 15) is 9.18 Å². The minimum Gasteiger partial charge on any atom is -0.460 e. The van der Waals surface area contributed by atoms with Gasteiger partial charge < -0.3 is 20.3 Å². The molecule has 0 amide bonds. The number of esters is 1. The van der Waals surface area contributed by atoms with Gasteiger partial charge in [0.1, 0.15) is 11.4 Å². The Bertz CT molecular complexity index is 647. The maximum Gasteiger partial charge on any atom is 0.306 e. The predicted molar refractivity (Wildman–Crippen MR) is 111 cm³/mol. The fourth-order valence-electron chi connectivity index (χ4n) is 3.09. The Morgan fingerprint density at radius 1 is 1.11 bits per heavy atom. The Morgan fingerprint density at radius 2 is 1.75 bits per heavy atom. The molecule has 0 saturated carbocycles. The highest BCUT2D eigenvalue weighted by molar-refractivity contribution is 5.78. The zero-order chi connectivity index (χ0) is 20.6. The molecule has 1 aromatic rings. The van der Waals surface area contributed by atoms with Crippen molar-refractivity contribution in [1.29, 1.82) is 0 Å². The summed E-state index contributed by atoms with van der Waals surface area (Å²) in [6.07, 6.45) is 3.08. The third kappa shape index (κ3) is 7.74. The minimum atomic E-state index is -0.420. The van der Waals surface area contributed by atoms with Gasteiger partial charge in [-0.25, -0.2) is 4.39 Å². The van der Waals surface area contributed by atoms with E-state index in [2.05, 4.69) is 14.8 Å². The fourth-order valence-corrected chi connectivity index (χ4v) is 3.09. The second kappa shape index (κ2) is 10.3. The molecule has 1 aliphatic heterocycles. The van der Waals surface area contributed by atoms with Crippen LogP contribution < -0.4 is 10.6 Å². The molecule has 7 heteroatoms. The Hall–Kier alpha value is -2.31. The van der Waals surface area contributed by atoms with Crippen LogP contribution >= 0.6 is 0 Å². The number of nitrogens with zero attached hydrogens (tertiary/aromatic N) is 3. The molecular formula is C21H33FN4O2. The van der Waals surface area contributed by atoms with Gasteiger partial charge in [0.25, 0.3) is 0 Å². The topological polar surface area (TPSA) is 71.2 Å². The number of halogens is 1. The smallest absolute Gasteiger partial charge is 0.306 e. The van der Waals surface area contributed by atoms with Crippen molar-refractivity contribution in [1.82, 2.24) is 4.90 Å². The monoisotopic (exact) mass is 392 g/mol. The van der Waals surface area contributed by atoms with Crippen LogP contribution in [0.2, 0.25) is 0 Å². The molecule has 0 aliphatic carbocycles. The molecule has 1 aliphatic rings. The van der Waals surface area contributed by atoms with Crippen LogP contribution in [0.3, 0.4) is 0 Å². The number of rotatable bonds is 7. The van der Waals surface area contributed by atoms with E-state index in [1.54, 1.807) is 12.1 Å². The number of guanidine groups is 1. The lowest BCUT2D eigenvalue weighted by atomic mass is 10.1. The molecule has 0 unspecified atom stereocenters. The van der Waals surface area contributed by atoms with Gasteiger partial charge in [-0.15, -0.1) is 0 Å². The van der Waals surface area contributed by atoms with Gasteiger partial charge in [-0.3, -0.25) is 9.79 Å². The SMILES string of the molecule is CC(C)(C)OC(=O)CCCCCN=C(N)N1CCN(c2ccc(F)cc2)CC1. The Kier molecular flexibility index (Phi) is 8.08. The number of hydrogen-bond acceptors (Lipinski definition) is 4. The number of carbonyl (C=O) groups excluding carboxylic acids is 1. The van der Waals surface area contributed by atoms with Gasteiger partial charge in [-0.1, -0.05) is 6.42 Å². The standard InChI is InChI=1S/C21H33FN4O2/c1-21(2,3)28-19(27)7-5-4-6-12-24-20(23)26-15-13-25(14-16-26)18-10-8-17(22)9-11-18/h8-11H,4-7,12-16H2,1-3H3,(H2,23,24).